The van der Waals surface area contributed by atoms with Crippen molar-refractivity contribution in [1.29, 1.82) is 0 Å². The molecule has 0 bridgehead atoms. The number of alkyl halides is 2. The van der Waals surface area contributed by atoms with Crippen molar-refractivity contribution in [3.63, 3.8) is 0 Å². The van der Waals surface area contributed by atoms with Crippen molar-refractivity contribution in [3.05, 3.63) is 71.0 Å². The molecule has 1 atom stereocenters. The molecular formula is C21H19ClF2N4O3. The maximum absolute atomic E-state index is 12.6. The fraction of sp³-hybridized carbons (Fsp3) is 0.238. The Kier molecular flexibility index (Phi) is 6.45. The van der Waals surface area contributed by atoms with E-state index >= 15 is 0 Å². The second-order valence-corrected chi connectivity index (χ2v) is 7.21. The van der Waals surface area contributed by atoms with Crippen LogP contribution in [0.2, 0.25) is 5.02 Å². The molecule has 1 fully saturated rings. The van der Waals surface area contributed by atoms with E-state index in [2.05, 4.69) is 20.5 Å². The second-order valence-electron chi connectivity index (χ2n) is 6.80. The molecule has 3 aromatic rings. The Hall–Kier alpha value is -3.01. The minimum atomic E-state index is -2.89. The van der Waals surface area contributed by atoms with Gasteiger partial charge in [-0.15, -0.1) is 0 Å². The summed E-state index contributed by atoms with van der Waals surface area (Å²) in [6.45, 7) is -0.783. The van der Waals surface area contributed by atoms with Crippen LogP contribution in [-0.2, 0) is 4.74 Å². The van der Waals surface area contributed by atoms with Gasteiger partial charge in [0.05, 0.1) is 30.2 Å². The van der Waals surface area contributed by atoms with Crippen molar-refractivity contribution in [2.75, 3.05) is 25.0 Å². The SMILES string of the molecule is O=C(Nc1ccc([C@H]2CNCCO2)c(Cl)c1)c1cnn(-c2ccc(OC(F)F)cc2)c1. The maximum Gasteiger partial charge on any atom is 0.387 e. The maximum atomic E-state index is 12.6. The van der Waals surface area contributed by atoms with Crippen LogP contribution in [0, 0.1) is 0 Å². The molecule has 162 valence electrons. The summed E-state index contributed by atoms with van der Waals surface area (Å²) in [6, 6.07) is 11.2. The first-order chi connectivity index (χ1) is 15.0. The molecule has 7 nitrogen and oxygen atoms in total. The first kappa shape index (κ1) is 21.2. The zero-order valence-electron chi connectivity index (χ0n) is 16.2. The average Bonchev–Trinajstić information content (AvgIpc) is 3.25. The summed E-state index contributed by atoms with van der Waals surface area (Å²) in [7, 11) is 0. The van der Waals surface area contributed by atoms with Crippen molar-refractivity contribution >= 4 is 23.2 Å². The van der Waals surface area contributed by atoms with Gasteiger partial charge in [0.15, 0.2) is 0 Å². The average molecular weight is 449 g/mol. The van der Waals surface area contributed by atoms with Gasteiger partial charge in [0.25, 0.3) is 5.91 Å². The number of hydrogen-bond acceptors (Lipinski definition) is 5. The summed E-state index contributed by atoms with van der Waals surface area (Å²) in [4.78, 5) is 12.6. The Morgan fingerprint density at radius 1 is 1.29 bits per heavy atom. The van der Waals surface area contributed by atoms with E-state index in [1.165, 1.54) is 29.2 Å². The second kappa shape index (κ2) is 9.42. The molecule has 2 N–H and O–H groups in total. The van der Waals surface area contributed by atoms with E-state index in [4.69, 9.17) is 16.3 Å². The van der Waals surface area contributed by atoms with Crippen LogP contribution in [-0.4, -0.2) is 42.0 Å². The fourth-order valence-electron chi connectivity index (χ4n) is 3.20. The number of benzene rings is 2. The van der Waals surface area contributed by atoms with Crippen LogP contribution in [0.1, 0.15) is 22.0 Å². The first-order valence-corrected chi connectivity index (χ1v) is 9.90. The summed E-state index contributed by atoms with van der Waals surface area (Å²) in [5, 5.41) is 10.7. The van der Waals surface area contributed by atoms with Crippen LogP contribution in [0.3, 0.4) is 0 Å². The van der Waals surface area contributed by atoms with Crippen molar-refractivity contribution in [1.82, 2.24) is 15.1 Å². The molecule has 2 heterocycles. The van der Waals surface area contributed by atoms with Gasteiger partial charge in [0.1, 0.15) is 5.75 Å². The minimum absolute atomic E-state index is 0.0404. The van der Waals surface area contributed by atoms with Crippen LogP contribution in [0.5, 0.6) is 5.75 Å². The van der Waals surface area contributed by atoms with Gasteiger partial charge >= 0.3 is 6.61 Å². The van der Waals surface area contributed by atoms with Crippen molar-refractivity contribution in [3.8, 4) is 11.4 Å². The summed E-state index contributed by atoms with van der Waals surface area (Å²) in [5.41, 5.74) is 2.32. The number of aromatic nitrogens is 2. The molecule has 4 rings (SSSR count). The van der Waals surface area contributed by atoms with Crippen LogP contribution < -0.4 is 15.4 Å². The lowest BCUT2D eigenvalue weighted by molar-refractivity contribution is -0.0498. The van der Waals surface area contributed by atoms with Gasteiger partial charge in [-0.3, -0.25) is 4.79 Å². The van der Waals surface area contributed by atoms with Crippen LogP contribution in [0.4, 0.5) is 14.5 Å². The normalized spacial score (nSPS) is 16.3. The molecule has 1 aliphatic rings. The Balaban J connectivity index is 1.42. The van der Waals surface area contributed by atoms with Gasteiger partial charge in [0.2, 0.25) is 0 Å². The van der Waals surface area contributed by atoms with Gasteiger partial charge < -0.3 is 20.1 Å². The molecule has 0 radical (unpaired) electrons. The highest BCUT2D eigenvalue weighted by molar-refractivity contribution is 6.31. The fourth-order valence-corrected chi connectivity index (χ4v) is 3.50. The van der Waals surface area contributed by atoms with E-state index in [1.807, 2.05) is 6.07 Å². The number of anilines is 1. The molecule has 1 saturated heterocycles. The molecule has 0 spiro atoms. The standard InChI is InChI=1S/C21H19ClF2N4O3/c22-18-9-14(1-6-17(18)19-11-25-7-8-30-19)27-20(29)13-10-26-28(12-13)15-2-4-16(5-3-15)31-21(23)24/h1-6,9-10,12,19,21,25H,7-8,11H2,(H,27,29)/t19-/m1/s1. The zero-order valence-corrected chi connectivity index (χ0v) is 17.0. The smallest absolute Gasteiger partial charge is 0.387 e. The highest BCUT2D eigenvalue weighted by Gasteiger charge is 2.19. The third kappa shape index (κ3) is 5.19. The quantitative estimate of drug-likeness (QED) is 0.595. The van der Waals surface area contributed by atoms with Gasteiger partial charge in [-0.25, -0.2) is 4.68 Å². The molecular weight excluding hydrogens is 430 g/mol. The largest absolute Gasteiger partial charge is 0.435 e. The topological polar surface area (TPSA) is 77.4 Å². The van der Waals surface area contributed by atoms with E-state index in [9.17, 15) is 13.6 Å². The monoisotopic (exact) mass is 448 g/mol. The van der Waals surface area contributed by atoms with E-state index in [0.717, 1.165) is 12.1 Å². The number of carbonyl (C=O) groups is 1. The Labute approximate surface area is 181 Å². The Morgan fingerprint density at radius 2 is 2.10 bits per heavy atom. The third-order valence-corrected chi connectivity index (χ3v) is 5.03. The highest BCUT2D eigenvalue weighted by atomic mass is 35.5. The minimum Gasteiger partial charge on any atom is -0.435 e. The molecule has 1 amide bonds. The lowest BCUT2D eigenvalue weighted by atomic mass is 10.1. The number of ether oxygens (including phenoxy) is 2. The van der Waals surface area contributed by atoms with Crippen LogP contribution in [0.15, 0.2) is 54.9 Å². The summed E-state index contributed by atoms with van der Waals surface area (Å²) in [5.74, 6) is -0.318. The van der Waals surface area contributed by atoms with Gasteiger partial charge in [-0.05, 0) is 36.4 Å². The van der Waals surface area contributed by atoms with E-state index < -0.39 is 6.61 Å². The molecule has 0 saturated carbocycles. The van der Waals surface area contributed by atoms with Crippen LogP contribution >= 0.6 is 11.6 Å². The third-order valence-electron chi connectivity index (χ3n) is 4.70. The number of hydrogen-bond donors (Lipinski definition) is 2. The predicted octanol–water partition coefficient (Wildman–Crippen LogP) is 4.04. The molecule has 1 aromatic heterocycles. The molecule has 31 heavy (non-hydrogen) atoms. The van der Waals surface area contributed by atoms with Crippen molar-refractivity contribution in [2.45, 2.75) is 12.7 Å². The molecule has 1 aliphatic heterocycles. The molecule has 2 aromatic carbocycles. The van der Waals surface area contributed by atoms with Crippen molar-refractivity contribution in [2.24, 2.45) is 0 Å². The number of carbonyl (C=O) groups excluding carboxylic acids is 1. The summed E-state index contributed by atoms with van der Waals surface area (Å²) in [6.07, 6.45) is 2.83. The summed E-state index contributed by atoms with van der Waals surface area (Å²) >= 11 is 6.39. The number of rotatable bonds is 6. The summed E-state index contributed by atoms with van der Waals surface area (Å²) < 4.78 is 36.0. The van der Waals surface area contributed by atoms with Crippen LogP contribution in [0.25, 0.3) is 5.69 Å². The molecule has 0 unspecified atom stereocenters. The Morgan fingerprint density at radius 3 is 2.77 bits per heavy atom. The lowest BCUT2D eigenvalue weighted by Gasteiger charge is -2.25. The number of halogens is 3. The zero-order chi connectivity index (χ0) is 21.8. The number of nitrogens with one attached hydrogen (secondary N) is 2. The number of morpholine rings is 1. The van der Waals surface area contributed by atoms with Gasteiger partial charge in [-0.2, -0.15) is 13.9 Å². The number of nitrogens with zero attached hydrogens (tertiary/aromatic N) is 2. The first-order valence-electron chi connectivity index (χ1n) is 9.52. The lowest BCUT2D eigenvalue weighted by Crippen LogP contribution is -2.33. The van der Waals surface area contributed by atoms with Gasteiger partial charge in [-0.1, -0.05) is 17.7 Å². The highest BCUT2D eigenvalue weighted by Crippen LogP contribution is 2.29. The predicted molar refractivity (Wildman–Crippen MR) is 111 cm³/mol. The van der Waals surface area contributed by atoms with Gasteiger partial charge in [0, 0.05) is 35.6 Å². The van der Waals surface area contributed by atoms with Crippen molar-refractivity contribution < 1.29 is 23.0 Å². The van der Waals surface area contributed by atoms with E-state index in [1.54, 1.807) is 24.3 Å². The van der Waals surface area contributed by atoms with E-state index in [0.29, 0.717) is 35.1 Å². The number of amides is 1. The molecule has 10 heteroatoms. The van der Waals surface area contributed by atoms with E-state index in [-0.39, 0.29) is 17.8 Å². The molecule has 0 aliphatic carbocycles. The Bertz CT molecular complexity index is 1050.